The third kappa shape index (κ3) is 4.44. The van der Waals surface area contributed by atoms with Crippen molar-refractivity contribution in [2.45, 2.75) is 25.3 Å². The zero-order chi connectivity index (χ0) is 17.1. The molecule has 0 aliphatic heterocycles. The van der Waals surface area contributed by atoms with E-state index in [-0.39, 0.29) is 12.1 Å². The van der Waals surface area contributed by atoms with Crippen molar-refractivity contribution in [2.24, 2.45) is 0 Å². The zero-order valence-corrected chi connectivity index (χ0v) is 13.0. The van der Waals surface area contributed by atoms with Crippen LogP contribution in [0.5, 0.6) is 5.75 Å². The molecule has 4 nitrogen and oxygen atoms in total. The fourth-order valence-corrected chi connectivity index (χ4v) is 2.41. The molecule has 0 radical (unpaired) electrons. The second-order valence-electron chi connectivity index (χ2n) is 4.87. The molecule has 1 aromatic carbocycles. The number of hydrogen-bond donors (Lipinski definition) is 0. The van der Waals surface area contributed by atoms with Gasteiger partial charge in [-0.05, 0) is 37.5 Å². The summed E-state index contributed by atoms with van der Waals surface area (Å²) in [5.74, 6) is -0.399. The minimum atomic E-state index is -5.71. The van der Waals surface area contributed by atoms with E-state index in [0.717, 1.165) is 5.56 Å². The number of halogens is 3. The van der Waals surface area contributed by atoms with Gasteiger partial charge in [0, 0.05) is 5.69 Å². The zero-order valence-electron chi connectivity index (χ0n) is 12.2. The van der Waals surface area contributed by atoms with Crippen LogP contribution in [0.25, 0.3) is 0 Å². The van der Waals surface area contributed by atoms with Gasteiger partial charge >= 0.3 is 15.6 Å². The van der Waals surface area contributed by atoms with Crippen LogP contribution in [0.2, 0.25) is 0 Å². The van der Waals surface area contributed by atoms with Gasteiger partial charge in [0.25, 0.3) is 0 Å². The lowest BCUT2D eigenvalue weighted by molar-refractivity contribution is -0.0500. The van der Waals surface area contributed by atoms with Gasteiger partial charge in [-0.25, -0.2) is 0 Å². The molecule has 1 heterocycles. The van der Waals surface area contributed by atoms with Gasteiger partial charge in [0.15, 0.2) is 5.75 Å². The minimum absolute atomic E-state index is 0.168. The Morgan fingerprint density at radius 1 is 1.04 bits per heavy atom. The number of aromatic nitrogens is 1. The maximum atomic E-state index is 12.4. The van der Waals surface area contributed by atoms with Crippen LogP contribution >= 0.6 is 0 Å². The van der Waals surface area contributed by atoms with Crippen LogP contribution < -0.4 is 4.18 Å². The van der Waals surface area contributed by atoms with E-state index in [1.807, 2.05) is 30.3 Å². The number of rotatable bonds is 5. The van der Waals surface area contributed by atoms with Gasteiger partial charge in [-0.2, -0.15) is 21.6 Å². The van der Waals surface area contributed by atoms with Gasteiger partial charge in [0.05, 0.1) is 5.69 Å². The number of alkyl halides is 3. The molecule has 124 valence electrons. The van der Waals surface area contributed by atoms with E-state index in [4.69, 9.17) is 0 Å². The van der Waals surface area contributed by atoms with E-state index in [2.05, 4.69) is 9.17 Å². The summed E-state index contributed by atoms with van der Waals surface area (Å²) >= 11 is 0. The number of pyridine rings is 1. The van der Waals surface area contributed by atoms with Crippen LogP contribution in [0.3, 0.4) is 0 Å². The molecule has 8 heteroatoms. The van der Waals surface area contributed by atoms with Crippen molar-refractivity contribution in [1.82, 2.24) is 4.98 Å². The summed E-state index contributed by atoms with van der Waals surface area (Å²) < 4.78 is 63.9. The first-order valence-electron chi connectivity index (χ1n) is 6.70. The molecule has 1 aromatic heterocycles. The van der Waals surface area contributed by atoms with Gasteiger partial charge in [-0.15, -0.1) is 0 Å². The highest BCUT2D eigenvalue weighted by Crippen LogP contribution is 2.29. The normalized spacial score (nSPS) is 12.2. The molecule has 0 amide bonds. The summed E-state index contributed by atoms with van der Waals surface area (Å²) in [6.45, 7) is 1.66. The minimum Gasteiger partial charge on any atom is -0.374 e. The van der Waals surface area contributed by atoms with E-state index < -0.39 is 21.4 Å². The standard InChI is InChI=1S/C15H14F3NO3S/c1-11-7-10-14(22-23(20,21)15(16,17)18)13(19-11)9-8-12-5-3-2-4-6-12/h2-7,10H,8-9H2,1H3. The van der Waals surface area contributed by atoms with Crippen molar-refractivity contribution < 1.29 is 25.8 Å². The van der Waals surface area contributed by atoms with Crippen molar-refractivity contribution in [3.05, 3.63) is 59.4 Å². The second-order valence-corrected chi connectivity index (χ2v) is 6.40. The fraction of sp³-hybridized carbons (Fsp3) is 0.267. The van der Waals surface area contributed by atoms with E-state index >= 15 is 0 Å². The lowest BCUT2D eigenvalue weighted by atomic mass is 10.1. The van der Waals surface area contributed by atoms with Crippen molar-refractivity contribution in [1.29, 1.82) is 0 Å². The Balaban J connectivity index is 2.24. The number of aryl methyl sites for hydroxylation is 3. The number of nitrogens with zero attached hydrogens (tertiary/aromatic N) is 1. The number of benzene rings is 1. The monoisotopic (exact) mass is 345 g/mol. The molecule has 2 aromatic rings. The molecule has 0 bridgehead atoms. The second kappa shape index (κ2) is 6.57. The van der Waals surface area contributed by atoms with E-state index in [1.54, 1.807) is 6.92 Å². The van der Waals surface area contributed by atoms with Gasteiger partial charge in [0.1, 0.15) is 0 Å². The molecule has 0 saturated heterocycles. The molecule has 0 saturated carbocycles. The summed E-state index contributed by atoms with van der Waals surface area (Å²) in [4.78, 5) is 4.10. The Labute approximate surface area is 132 Å². The molecular weight excluding hydrogens is 331 g/mol. The van der Waals surface area contributed by atoms with Crippen LogP contribution in [-0.4, -0.2) is 18.9 Å². The molecule has 0 unspecified atom stereocenters. The van der Waals surface area contributed by atoms with E-state index in [1.165, 1.54) is 12.1 Å². The maximum absolute atomic E-state index is 12.4. The molecule has 0 N–H and O–H groups in total. The third-order valence-electron chi connectivity index (χ3n) is 3.05. The van der Waals surface area contributed by atoms with Gasteiger partial charge in [0.2, 0.25) is 0 Å². The molecule has 0 aliphatic carbocycles. The Morgan fingerprint density at radius 2 is 1.70 bits per heavy atom. The highest BCUT2D eigenvalue weighted by atomic mass is 32.2. The third-order valence-corrected chi connectivity index (χ3v) is 4.01. The van der Waals surface area contributed by atoms with Crippen molar-refractivity contribution in [3.63, 3.8) is 0 Å². The fourth-order valence-electron chi connectivity index (χ4n) is 1.93. The van der Waals surface area contributed by atoms with Crippen molar-refractivity contribution in [3.8, 4) is 5.75 Å². The predicted octanol–water partition coefficient (Wildman–Crippen LogP) is 3.40. The van der Waals surface area contributed by atoms with Crippen LogP contribution in [0.1, 0.15) is 17.0 Å². The summed E-state index contributed by atoms with van der Waals surface area (Å²) in [5, 5.41) is 0. The summed E-state index contributed by atoms with van der Waals surface area (Å²) in [5.41, 5.74) is -3.79. The smallest absolute Gasteiger partial charge is 0.374 e. The summed E-state index contributed by atoms with van der Waals surface area (Å²) in [7, 11) is -5.71. The quantitative estimate of drug-likeness (QED) is 0.616. The van der Waals surface area contributed by atoms with Gasteiger partial charge < -0.3 is 4.18 Å². The Hall–Kier alpha value is -2.09. The van der Waals surface area contributed by atoms with Crippen LogP contribution in [0, 0.1) is 6.92 Å². The van der Waals surface area contributed by atoms with Crippen LogP contribution in [-0.2, 0) is 23.0 Å². The van der Waals surface area contributed by atoms with Crippen LogP contribution in [0.4, 0.5) is 13.2 Å². The SMILES string of the molecule is Cc1ccc(OS(=O)(=O)C(F)(F)F)c(CCc2ccccc2)n1. The van der Waals surface area contributed by atoms with Gasteiger partial charge in [-0.3, -0.25) is 4.98 Å². The van der Waals surface area contributed by atoms with Crippen molar-refractivity contribution in [2.75, 3.05) is 0 Å². The molecule has 0 spiro atoms. The number of hydrogen-bond acceptors (Lipinski definition) is 4. The molecular formula is C15H14F3NO3S. The van der Waals surface area contributed by atoms with Crippen molar-refractivity contribution >= 4 is 10.1 Å². The highest BCUT2D eigenvalue weighted by molar-refractivity contribution is 7.88. The lowest BCUT2D eigenvalue weighted by Gasteiger charge is -2.13. The Bertz CT molecular complexity index is 774. The maximum Gasteiger partial charge on any atom is 0.534 e. The largest absolute Gasteiger partial charge is 0.534 e. The van der Waals surface area contributed by atoms with Crippen LogP contribution in [0.15, 0.2) is 42.5 Å². The van der Waals surface area contributed by atoms with Gasteiger partial charge in [-0.1, -0.05) is 30.3 Å². The summed E-state index contributed by atoms with van der Waals surface area (Å²) in [6, 6.07) is 11.8. The average molecular weight is 345 g/mol. The molecule has 23 heavy (non-hydrogen) atoms. The lowest BCUT2D eigenvalue weighted by Crippen LogP contribution is -2.28. The molecule has 0 aliphatic rings. The van der Waals surface area contributed by atoms with E-state index in [9.17, 15) is 21.6 Å². The summed E-state index contributed by atoms with van der Waals surface area (Å²) in [6.07, 6.45) is 0.758. The first-order chi connectivity index (χ1) is 10.7. The predicted molar refractivity (Wildman–Crippen MR) is 78.4 cm³/mol. The molecule has 0 atom stereocenters. The van der Waals surface area contributed by atoms with E-state index in [0.29, 0.717) is 12.1 Å². The molecule has 0 fully saturated rings. The topological polar surface area (TPSA) is 56.3 Å². The highest BCUT2D eigenvalue weighted by Gasteiger charge is 2.48. The Morgan fingerprint density at radius 3 is 2.30 bits per heavy atom. The first-order valence-corrected chi connectivity index (χ1v) is 8.11. The first kappa shape index (κ1) is 17.3. The Kier molecular flexibility index (Phi) is 4.93. The molecule has 2 rings (SSSR count). The average Bonchev–Trinajstić information content (AvgIpc) is 2.47.